The van der Waals surface area contributed by atoms with Gasteiger partial charge in [0.05, 0.1) is 18.9 Å². The molecule has 0 N–H and O–H groups in total. The predicted molar refractivity (Wildman–Crippen MR) is 102 cm³/mol. The highest BCUT2D eigenvalue weighted by molar-refractivity contribution is 5.92. The highest BCUT2D eigenvalue weighted by Crippen LogP contribution is 2.28. The second-order valence-corrected chi connectivity index (χ2v) is 7.35. The topological polar surface area (TPSA) is 73.7 Å². The second-order valence-electron chi connectivity index (χ2n) is 7.35. The van der Waals surface area contributed by atoms with Gasteiger partial charge < -0.3 is 14.4 Å². The number of carbonyl (C=O) groups is 2. The first-order chi connectivity index (χ1) is 14.0. The molecule has 2 heterocycles. The third-order valence-electron chi connectivity index (χ3n) is 5.40. The van der Waals surface area contributed by atoms with Crippen LogP contribution in [0.2, 0.25) is 0 Å². The first-order valence-corrected chi connectivity index (χ1v) is 9.99. The van der Waals surface area contributed by atoms with Gasteiger partial charge in [0.2, 0.25) is 0 Å². The fourth-order valence-electron chi connectivity index (χ4n) is 3.87. The number of rotatable bonds is 4. The predicted octanol–water partition coefficient (Wildman–Crippen LogP) is 2.29. The van der Waals surface area contributed by atoms with E-state index < -0.39 is 12.1 Å². The summed E-state index contributed by atoms with van der Waals surface area (Å²) in [5.74, 6) is -1.16. The van der Waals surface area contributed by atoms with Gasteiger partial charge in [-0.25, -0.2) is 13.9 Å². The second kappa shape index (κ2) is 8.32. The van der Waals surface area contributed by atoms with E-state index in [2.05, 4.69) is 5.10 Å². The average Bonchev–Trinajstić information content (AvgIpc) is 3.14. The van der Waals surface area contributed by atoms with E-state index in [4.69, 9.17) is 9.47 Å². The molecule has 0 radical (unpaired) electrons. The van der Waals surface area contributed by atoms with E-state index in [0.717, 1.165) is 36.9 Å². The maximum Gasteiger partial charge on any atom is 0.359 e. The first-order valence-electron chi connectivity index (χ1n) is 9.99. The zero-order chi connectivity index (χ0) is 20.4. The summed E-state index contributed by atoms with van der Waals surface area (Å²) in [6.45, 7) is 3.55. The standard InChI is InChI=1S/C21H24FN3O4/c1-14(20(26)24-10-12-28-13-11-24)29-21(27)19-17-4-2-3-5-18(17)25(23-19)16-8-6-15(22)7-9-16/h6-9,14H,2-5,10-13H2,1H3. The van der Waals surface area contributed by atoms with Crippen molar-refractivity contribution < 1.29 is 23.5 Å². The summed E-state index contributed by atoms with van der Waals surface area (Å²) in [5, 5.41) is 4.49. The number of carbonyl (C=O) groups excluding carboxylic acids is 2. The fourth-order valence-corrected chi connectivity index (χ4v) is 3.87. The van der Waals surface area contributed by atoms with Crippen LogP contribution in [0.15, 0.2) is 24.3 Å². The molecular weight excluding hydrogens is 377 g/mol. The fraction of sp³-hybridized carbons (Fsp3) is 0.476. The SMILES string of the molecule is CC(OC(=O)c1nn(-c2ccc(F)cc2)c2c1CCCC2)C(=O)N1CCOCC1. The van der Waals surface area contributed by atoms with Gasteiger partial charge in [-0.2, -0.15) is 5.10 Å². The lowest BCUT2D eigenvalue weighted by Gasteiger charge is -2.28. The molecule has 29 heavy (non-hydrogen) atoms. The molecule has 1 aromatic carbocycles. The zero-order valence-electron chi connectivity index (χ0n) is 16.4. The number of hydrogen-bond acceptors (Lipinski definition) is 5. The van der Waals surface area contributed by atoms with Gasteiger partial charge in [0.1, 0.15) is 5.82 Å². The van der Waals surface area contributed by atoms with Gasteiger partial charge in [-0.3, -0.25) is 4.79 Å². The van der Waals surface area contributed by atoms with Crippen LogP contribution in [0.4, 0.5) is 4.39 Å². The van der Waals surface area contributed by atoms with Gasteiger partial charge in [0, 0.05) is 24.3 Å². The number of benzene rings is 1. The number of halogens is 1. The minimum absolute atomic E-state index is 0.228. The van der Waals surface area contributed by atoms with Crippen LogP contribution >= 0.6 is 0 Å². The van der Waals surface area contributed by atoms with Crippen LogP contribution in [-0.2, 0) is 27.1 Å². The van der Waals surface area contributed by atoms with Crippen molar-refractivity contribution >= 4 is 11.9 Å². The molecule has 1 aliphatic carbocycles. The Morgan fingerprint density at radius 2 is 1.83 bits per heavy atom. The monoisotopic (exact) mass is 401 g/mol. The summed E-state index contributed by atoms with van der Waals surface area (Å²) < 4.78 is 25.7. The van der Waals surface area contributed by atoms with E-state index in [1.807, 2.05) is 0 Å². The van der Waals surface area contributed by atoms with Gasteiger partial charge in [-0.1, -0.05) is 0 Å². The minimum Gasteiger partial charge on any atom is -0.448 e. The maximum atomic E-state index is 13.3. The average molecular weight is 401 g/mol. The number of aromatic nitrogens is 2. The molecule has 0 saturated carbocycles. The maximum absolute atomic E-state index is 13.3. The van der Waals surface area contributed by atoms with Crippen LogP contribution in [0.3, 0.4) is 0 Å². The molecule has 1 fully saturated rings. The summed E-state index contributed by atoms with van der Waals surface area (Å²) in [4.78, 5) is 27.1. The molecule has 1 saturated heterocycles. The van der Waals surface area contributed by atoms with E-state index in [-0.39, 0.29) is 17.4 Å². The Kier molecular flexibility index (Phi) is 5.62. The van der Waals surface area contributed by atoms with E-state index >= 15 is 0 Å². The molecule has 1 amide bonds. The molecule has 0 spiro atoms. The molecule has 1 aliphatic heterocycles. The summed E-state index contributed by atoms with van der Waals surface area (Å²) in [5.41, 5.74) is 2.74. The van der Waals surface area contributed by atoms with Crippen molar-refractivity contribution in [1.29, 1.82) is 0 Å². The van der Waals surface area contributed by atoms with Crippen molar-refractivity contribution in [1.82, 2.24) is 14.7 Å². The molecule has 2 aliphatic rings. The quantitative estimate of drug-likeness (QED) is 0.735. The van der Waals surface area contributed by atoms with Crippen LogP contribution in [-0.4, -0.2) is 59.0 Å². The van der Waals surface area contributed by atoms with Crippen LogP contribution in [0.5, 0.6) is 0 Å². The van der Waals surface area contributed by atoms with E-state index in [1.54, 1.807) is 28.6 Å². The molecule has 1 atom stereocenters. The number of ether oxygens (including phenoxy) is 2. The highest BCUT2D eigenvalue weighted by atomic mass is 19.1. The van der Waals surface area contributed by atoms with E-state index in [9.17, 15) is 14.0 Å². The molecule has 1 aromatic heterocycles. The lowest BCUT2D eigenvalue weighted by atomic mass is 9.95. The van der Waals surface area contributed by atoms with Crippen LogP contribution in [0.25, 0.3) is 5.69 Å². The number of esters is 1. The minimum atomic E-state index is -0.893. The Morgan fingerprint density at radius 1 is 1.14 bits per heavy atom. The van der Waals surface area contributed by atoms with Crippen molar-refractivity contribution in [2.75, 3.05) is 26.3 Å². The van der Waals surface area contributed by atoms with E-state index in [0.29, 0.717) is 32.0 Å². The van der Waals surface area contributed by atoms with E-state index in [1.165, 1.54) is 12.1 Å². The summed E-state index contributed by atoms with van der Waals surface area (Å²) in [6, 6.07) is 6.01. The Balaban J connectivity index is 1.56. The lowest BCUT2D eigenvalue weighted by Crippen LogP contribution is -2.46. The van der Waals surface area contributed by atoms with Gasteiger partial charge >= 0.3 is 5.97 Å². The van der Waals surface area contributed by atoms with Crippen molar-refractivity contribution in [3.63, 3.8) is 0 Å². The smallest absolute Gasteiger partial charge is 0.359 e. The number of fused-ring (bicyclic) bond motifs is 1. The van der Waals surface area contributed by atoms with Gasteiger partial charge in [-0.15, -0.1) is 0 Å². The molecule has 8 heteroatoms. The van der Waals surface area contributed by atoms with Gasteiger partial charge in [0.25, 0.3) is 5.91 Å². The first kappa shape index (κ1) is 19.6. The van der Waals surface area contributed by atoms with Gasteiger partial charge in [-0.05, 0) is 56.9 Å². The largest absolute Gasteiger partial charge is 0.448 e. The molecule has 1 unspecified atom stereocenters. The molecule has 4 rings (SSSR count). The van der Waals surface area contributed by atoms with Crippen LogP contribution < -0.4 is 0 Å². The van der Waals surface area contributed by atoms with Crippen LogP contribution in [0.1, 0.15) is 41.5 Å². The molecule has 0 bridgehead atoms. The molecule has 154 valence electrons. The summed E-state index contributed by atoms with van der Waals surface area (Å²) in [6.07, 6.45) is 2.59. The Bertz CT molecular complexity index is 903. The van der Waals surface area contributed by atoms with Crippen molar-refractivity contribution in [3.8, 4) is 5.69 Å². The third kappa shape index (κ3) is 4.03. The summed E-state index contributed by atoms with van der Waals surface area (Å²) >= 11 is 0. The van der Waals surface area contributed by atoms with Crippen molar-refractivity contribution in [3.05, 3.63) is 47.0 Å². The molecule has 7 nitrogen and oxygen atoms in total. The number of nitrogens with zero attached hydrogens (tertiary/aromatic N) is 3. The molecular formula is C21H24FN3O4. The Labute approximate surface area is 168 Å². The Hall–Kier alpha value is -2.74. The molecule has 2 aromatic rings. The zero-order valence-corrected chi connectivity index (χ0v) is 16.4. The van der Waals surface area contributed by atoms with Crippen molar-refractivity contribution in [2.45, 2.75) is 38.7 Å². The van der Waals surface area contributed by atoms with Crippen LogP contribution in [0, 0.1) is 5.82 Å². The third-order valence-corrected chi connectivity index (χ3v) is 5.40. The number of hydrogen-bond donors (Lipinski definition) is 0. The van der Waals surface area contributed by atoms with Gasteiger partial charge in [0.15, 0.2) is 11.8 Å². The number of morpholine rings is 1. The normalized spacial score (nSPS) is 17.5. The Morgan fingerprint density at radius 3 is 2.55 bits per heavy atom. The van der Waals surface area contributed by atoms with Crippen molar-refractivity contribution in [2.24, 2.45) is 0 Å². The lowest BCUT2D eigenvalue weighted by molar-refractivity contribution is -0.143. The highest BCUT2D eigenvalue weighted by Gasteiger charge is 2.30. The number of amides is 1. The summed E-state index contributed by atoms with van der Waals surface area (Å²) in [7, 11) is 0.